The number of nitrogens with zero attached hydrogens (tertiary/aromatic N) is 2. The Labute approximate surface area is 187 Å². The van der Waals surface area contributed by atoms with Crippen molar-refractivity contribution in [2.24, 2.45) is 0 Å². The van der Waals surface area contributed by atoms with Gasteiger partial charge in [0.05, 0.1) is 0 Å². The summed E-state index contributed by atoms with van der Waals surface area (Å²) < 4.78 is 5.91. The van der Waals surface area contributed by atoms with E-state index in [4.69, 9.17) is 4.42 Å². The highest BCUT2D eigenvalue weighted by Crippen LogP contribution is 2.30. The second-order valence-electron chi connectivity index (χ2n) is 8.42. The lowest BCUT2D eigenvalue weighted by atomic mass is 9.91. The van der Waals surface area contributed by atoms with Gasteiger partial charge in [-0.05, 0) is 25.5 Å². The number of likely N-dealkylation sites (N-methyl/N-ethyl adjacent to an activating group) is 1. The summed E-state index contributed by atoms with van der Waals surface area (Å²) in [5.41, 5.74) is 2.27. The summed E-state index contributed by atoms with van der Waals surface area (Å²) >= 11 is 0. The van der Waals surface area contributed by atoms with E-state index in [1.54, 1.807) is 14.0 Å². The highest BCUT2D eigenvalue weighted by atomic mass is 16.3. The second kappa shape index (κ2) is 8.15. The van der Waals surface area contributed by atoms with Crippen LogP contribution in [-0.4, -0.2) is 41.2 Å². The summed E-state index contributed by atoms with van der Waals surface area (Å²) in [7, 11) is 1.67. The number of fused-ring (bicyclic) bond motifs is 1. The quantitative estimate of drug-likeness (QED) is 0.601. The predicted octanol–water partition coefficient (Wildman–Crippen LogP) is 3.73. The third-order valence-corrected chi connectivity index (χ3v) is 6.12. The van der Waals surface area contributed by atoms with Gasteiger partial charge < -0.3 is 14.6 Å². The number of rotatable bonds is 6. The summed E-state index contributed by atoms with van der Waals surface area (Å²) in [4.78, 5) is 41.2. The summed E-state index contributed by atoms with van der Waals surface area (Å²) in [6.07, 6.45) is 0.702. The maximum atomic E-state index is 13.1. The fourth-order valence-corrected chi connectivity index (χ4v) is 4.11. The van der Waals surface area contributed by atoms with Crippen LogP contribution in [0, 0.1) is 6.92 Å². The first-order chi connectivity index (χ1) is 15.2. The van der Waals surface area contributed by atoms with Crippen molar-refractivity contribution in [2.75, 3.05) is 13.6 Å². The number of hydrogen-bond donors (Lipinski definition) is 1. The maximum Gasteiger partial charge on any atom is 0.325 e. The lowest BCUT2D eigenvalue weighted by Crippen LogP contribution is -2.43. The van der Waals surface area contributed by atoms with Gasteiger partial charge in [0.1, 0.15) is 23.4 Å². The van der Waals surface area contributed by atoms with Crippen LogP contribution >= 0.6 is 0 Å². The zero-order chi connectivity index (χ0) is 23.0. The van der Waals surface area contributed by atoms with Crippen molar-refractivity contribution in [2.45, 2.75) is 39.3 Å². The normalized spacial score (nSPS) is 18.3. The van der Waals surface area contributed by atoms with Gasteiger partial charge in [-0.15, -0.1) is 0 Å². The molecule has 7 heteroatoms. The van der Waals surface area contributed by atoms with Crippen molar-refractivity contribution in [3.05, 3.63) is 71.0 Å². The van der Waals surface area contributed by atoms with Gasteiger partial charge in [-0.3, -0.25) is 14.5 Å². The molecule has 0 spiro atoms. The smallest absolute Gasteiger partial charge is 0.325 e. The molecule has 0 saturated carbocycles. The SMILES string of the molecule is CCc1oc2ccccc2c1CN(C)C(=O)CN1C(=O)NC(C)(c2ccc(C)cc2)C1=O. The molecule has 2 heterocycles. The topological polar surface area (TPSA) is 82.9 Å². The zero-order valence-electron chi connectivity index (χ0n) is 18.8. The van der Waals surface area contributed by atoms with Crippen LogP contribution in [0.15, 0.2) is 52.9 Å². The summed E-state index contributed by atoms with van der Waals surface area (Å²) in [6.45, 7) is 5.63. The van der Waals surface area contributed by atoms with Crippen LogP contribution in [-0.2, 0) is 28.1 Å². The molecule has 3 aromatic rings. The van der Waals surface area contributed by atoms with E-state index in [1.165, 1.54) is 4.90 Å². The number of aryl methyl sites for hydroxylation is 2. The third kappa shape index (κ3) is 3.64. The van der Waals surface area contributed by atoms with Crippen LogP contribution in [0.25, 0.3) is 11.0 Å². The number of nitrogens with one attached hydrogen (secondary N) is 1. The molecule has 0 bridgehead atoms. The van der Waals surface area contributed by atoms with E-state index in [0.29, 0.717) is 18.5 Å². The molecule has 1 unspecified atom stereocenters. The van der Waals surface area contributed by atoms with Crippen LogP contribution < -0.4 is 5.32 Å². The first-order valence-corrected chi connectivity index (χ1v) is 10.7. The largest absolute Gasteiger partial charge is 0.461 e. The molecule has 1 saturated heterocycles. The van der Waals surface area contributed by atoms with Gasteiger partial charge in [0.25, 0.3) is 5.91 Å². The van der Waals surface area contributed by atoms with Gasteiger partial charge in [-0.25, -0.2) is 4.79 Å². The van der Waals surface area contributed by atoms with Crippen molar-refractivity contribution in [1.29, 1.82) is 0 Å². The lowest BCUT2D eigenvalue weighted by Gasteiger charge is -2.23. The van der Waals surface area contributed by atoms with E-state index < -0.39 is 17.5 Å². The first kappa shape index (κ1) is 21.6. The monoisotopic (exact) mass is 433 g/mol. The molecule has 1 N–H and O–H groups in total. The number of benzene rings is 2. The molecule has 7 nitrogen and oxygen atoms in total. The van der Waals surface area contributed by atoms with Gasteiger partial charge in [0.15, 0.2) is 0 Å². The predicted molar refractivity (Wildman–Crippen MR) is 121 cm³/mol. The molecule has 1 aliphatic heterocycles. The molecule has 4 amide bonds. The number of carbonyl (C=O) groups excluding carboxylic acids is 3. The zero-order valence-corrected chi connectivity index (χ0v) is 18.8. The fourth-order valence-electron chi connectivity index (χ4n) is 4.11. The Morgan fingerprint density at radius 3 is 2.50 bits per heavy atom. The number of urea groups is 1. The van der Waals surface area contributed by atoms with Crippen LogP contribution in [0.4, 0.5) is 4.79 Å². The molecule has 1 fully saturated rings. The number of amides is 4. The molecule has 32 heavy (non-hydrogen) atoms. The molecule has 166 valence electrons. The number of hydrogen-bond acceptors (Lipinski definition) is 4. The lowest BCUT2D eigenvalue weighted by molar-refractivity contribution is -0.138. The Kier molecular flexibility index (Phi) is 5.50. The van der Waals surface area contributed by atoms with E-state index in [1.807, 2.05) is 62.4 Å². The standard InChI is InChI=1S/C25H27N3O4/c1-5-20-19(18-8-6-7-9-21(18)32-20)14-27(4)22(29)15-28-23(30)25(3,26-24(28)31)17-12-10-16(2)11-13-17/h6-13H,5,14-15H2,1-4H3,(H,26,31). The second-order valence-corrected chi connectivity index (χ2v) is 8.42. The van der Waals surface area contributed by atoms with E-state index in [9.17, 15) is 14.4 Å². The van der Waals surface area contributed by atoms with E-state index in [-0.39, 0.29) is 12.5 Å². The summed E-state index contributed by atoms with van der Waals surface area (Å²) in [6, 6.07) is 14.6. The molecule has 1 aliphatic rings. The van der Waals surface area contributed by atoms with Crippen LogP contribution in [0.3, 0.4) is 0 Å². The van der Waals surface area contributed by atoms with Crippen molar-refractivity contribution >= 4 is 28.8 Å². The molecule has 4 rings (SSSR count). The Morgan fingerprint density at radius 2 is 1.81 bits per heavy atom. The number of furan rings is 1. The highest BCUT2D eigenvalue weighted by molar-refractivity contribution is 6.09. The minimum Gasteiger partial charge on any atom is -0.461 e. The molecular weight excluding hydrogens is 406 g/mol. The Morgan fingerprint density at radius 1 is 1.12 bits per heavy atom. The number of para-hydroxylation sites is 1. The highest BCUT2D eigenvalue weighted by Gasteiger charge is 2.49. The fraction of sp³-hybridized carbons (Fsp3) is 0.320. The Bertz CT molecular complexity index is 1200. The summed E-state index contributed by atoms with van der Waals surface area (Å²) in [5.74, 6) is 0.0675. The van der Waals surface area contributed by atoms with Gasteiger partial charge in [-0.1, -0.05) is 55.0 Å². The van der Waals surface area contributed by atoms with Crippen LogP contribution in [0.5, 0.6) is 0 Å². The van der Waals surface area contributed by atoms with Gasteiger partial charge >= 0.3 is 6.03 Å². The minimum absolute atomic E-state index is 0.320. The number of imide groups is 1. The van der Waals surface area contributed by atoms with Gasteiger partial charge in [0.2, 0.25) is 5.91 Å². The van der Waals surface area contributed by atoms with Crippen molar-refractivity contribution < 1.29 is 18.8 Å². The molecule has 1 aromatic heterocycles. The Hall–Kier alpha value is -3.61. The van der Waals surface area contributed by atoms with Gasteiger partial charge in [-0.2, -0.15) is 0 Å². The minimum atomic E-state index is -1.19. The van der Waals surface area contributed by atoms with Gasteiger partial charge in [0, 0.05) is 31.0 Å². The first-order valence-electron chi connectivity index (χ1n) is 10.7. The van der Waals surface area contributed by atoms with Crippen molar-refractivity contribution in [1.82, 2.24) is 15.1 Å². The van der Waals surface area contributed by atoms with E-state index >= 15 is 0 Å². The average Bonchev–Trinajstić information content (AvgIpc) is 3.24. The Balaban J connectivity index is 1.51. The molecule has 2 aromatic carbocycles. The van der Waals surface area contributed by atoms with E-state index in [0.717, 1.165) is 32.8 Å². The molecule has 0 aliphatic carbocycles. The third-order valence-electron chi connectivity index (χ3n) is 6.12. The molecular formula is C25H27N3O4. The van der Waals surface area contributed by atoms with Crippen LogP contribution in [0.2, 0.25) is 0 Å². The maximum absolute atomic E-state index is 13.1. The molecule has 1 atom stereocenters. The molecule has 0 radical (unpaired) electrons. The summed E-state index contributed by atoms with van der Waals surface area (Å²) in [5, 5.41) is 3.71. The van der Waals surface area contributed by atoms with Crippen molar-refractivity contribution in [3.63, 3.8) is 0 Å². The number of carbonyl (C=O) groups is 3. The van der Waals surface area contributed by atoms with Crippen molar-refractivity contribution in [3.8, 4) is 0 Å². The average molecular weight is 434 g/mol. The van der Waals surface area contributed by atoms with E-state index in [2.05, 4.69) is 5.32 Å². The van der Waals surface area contributed by atoms with Crippen LogP contribution in [0.1, 0.15) is 36.3 Å².